The minimum absolute atomic E-state index is 0.149. The highest BCUT2D eigenvalue weighted by atomic mass is 79.9. The zero-order valence-electron chi connectivity index (χ0n) is 6.24. The van der Waals surface area contributed by atoms with Crippen LogP contribution in [0.2, 0.25) is 0 Å². The smallest absolute Gasteiger partial charge is 0.231 e. The molecular weight excluding hydrogens is 224 g/mol. The fourth-order valence-corrected chi connectivity index (χ4v) is 1.14. The van der Waals surface area contributed by atoms with Crippen molar-refractivity contribution in [3.8, 4) is 5.88 Å². The Balaban J connectivity index is 2.06. The lowest BCUT2D eigenvalue weighted by atomic mass is 10.3. The Morgan fingerprint density at radius 3 is 3.00 bits per heavy atom. The summed E-state index contributed by atoms with van der Waals surface area (Å²) < 4.78 is 11.2. The predicted molar refractivity (Wildman–Crippen MR) is 45.0 cm³/mol. The van der Waals surface area contributed by atoms with E-state index in [1.807, 2.05) is 0 Å². The highest BCUT2D eigenvalue weighted by molar-refractivity contribution is 9.10. The monoisotopic (exact) mass is 230 g/mol. The molecule has 0 radical (unpaired) electrons. The van der Waals surface area contributed by atoms with Crippen LogP contribution in [0.1, 0.15) is 0 Å². The van der Waals surface area contributed by atoms with E-state index in [0.717, 1.165) is 4.47 Å². The Morgan fingerprint density at radius 2 is 2.42 bits per heavy atom. The Bertz CT molecular complexity index is 278. The fourth-order valence-electron chi connectivity index (χ4n) is 0.828. The quantitative estimate of drug-likeness (QED) is 0.762. The van der Waals surface area contributed by atoms with Gasteiger partial charge < -0.3 is 9.47 Å². The van der Waals surface area contributed by atoms with Crippen molar-refractivity contribution in [1.29, 1.82) is 0 Å². The summed E-state index contributed by atoms with van der Waals surface area (Å²) in [4.78, 5) is 7.79. The molecule has 12 heavy (non-hydrogen) atoms. The average Bonchev–Trinajstić information content (AvgIpc) is 2.00. The third kappa shape index (κ3) is 1.56. The van der Waals surface area contributed by atoms with Crippen molar-refractivity contribution in [2.24, 2.45) is 0 Å². The van der Waals surface area contributed by atoms with E-state index < -0.39 is 0 Å². The topological polar surface area (TPSA) is 44.2 Å². The van der Waals surface area contributed by atoms with E-state index in [2.05, 4.69) is 25.9 Å². The summed E-state index contributed by atoms with van der Waals surface area (Å²) in [5.74, 6) is 0.582. The van der Waals surface area contributed by atoms with Crippen LogP contribution in [0, 0.1) is 0 Å². The molecular formula is C7H7BrN2O2. The molecule has 0 atom stereocenters. The molecule has 4 nitrogen and oxygen atoms in total. The summed E-state index contributed by atoms with van der Waals surface area (Å²) in [6, 6.07) is 0. The molecule has 1 fully saturated rings. The van der Waals surface area contributed by atoms with Gasteiger partial charge in [-0.2, -0.15) is 0 Å². The minimum Gasteiger partial charge on any atom is -0.469 e. The maximum atomic E-state index is 5.46. The molecule has 1 aromatic rings. The van der Waals surface area contributed by atoms with Crippen LogP contribution in [-0.4, -0.2) is 29.3 Å². The molecule has 1 saturated heterocycles. The van der Waals surface area contributed by atoms with Crippen LogP contribution in [0.25, 0.3) is 0 Å². The summed E-state index contributed by atoms with van der Waals surface area (Å²) in [5, 5.41) is 0. The van der Waals surface area contributed by atoms with Gasteiger partial charge in [-0.05, 0) is 15.9 Å². The van der Waals surface area contributed by atoms with Crippen molar-refractivity contribution >= 4 is 15.9 Å². The Labute approximate surface area is 78.1 Å². The second-order valence-corrected chi connectivity index (χ2v) is 3.31. The first kappa shape index (κ1) is 7.94. The number of halogens is 1. The van der Waals surface area contributed by atoms with Crippen LogP contribution in [0.15, 0.2) is 17.0 Å². The second kappa shape index (κ2) is 3.37. The zero-order chi connectivity index (χ0) is 8.39. The van der Waals surface area contributed by atoms with Crippen LogP contribution >= 0.6 is 15.9 Å². The van der Waals surface area contributed by atoms with E-state index in [9.17, 15) is 0 Å². The summed E-state index contributed by atoms with van der Waals surface area (Å²) in [7, 11) is 0. The maximum absolute atomic E-state index is 5.46. The van der Waals surface area contributed by atoms with Crippen molar-refractivity contribution < 1.29 is 9.47 Å². The molecule has 1 aliphatic rings. The molecule has 2 rings (SSSR count). The van der Waals surface area contributed by atoms with Crippen molar-refractivity contribution in [2.75, 3.05) is 13.2 Å². The van der Waals surface area contributed by atoms with E-state index in [0.29, 0.717) is 19.1 Å². The molecule has 0 bridgehead atoms. The minimum atomic E-state index is 0.149. The predicted octanol–water partition coefficient (Wildman–Crippen LogP) is 1.02. The van der Waals surface area contributed by atoms with Crippen molar-refractivity contribution in [2.45, 2.75) is 6.10 Å². The molecule has 0 saturated carbocycles. The molecule has 0 unspecified atom stereocenters. The van der Waals surface area contributed by atoms with Crippen molar-refractivity contribution in [1.82, 2.24) is 9.97 Å². The standard InChI is InChI=1S/C7H7BrN2O2/c8-6-1-9-4-10-7(6)12-5-2-11-3-5/h1,4-5H,2-3H2. The molecule has 0 amide bonds. The van der Waals surface area contributed by atoms with Gasteiger partial charge in [-0.25, -0.2) is 9.97 Å². The van der Waals surface area contributed by atoms with Gasteiger partial charge in [-0.1, -0.05) is 0 Å². The summed E-state index contributed by atoms with van der Waals surface area (Å²) in [6.07, 6.45) is 3.26. The Hall–Kier alpha value is -0.680. The van der Waals surface area contributed by atoms with Gasteiger partial charge in [0.2, 0.25) is 5.88 Å². The number of hydrogen-bond acceptors (Lipinski definition) is 4. The van der Waals surface area contributed by atoms with Gasteiger partial charge in [0.15, 0.2) is 0 Å². The highest BCUT2D eigenvalue weighted by Gasteiger charge is 2.21. The molecule has 1 aromatic heterocycles. The van der Waals surface area contributed by atoms with Gasteiger partial charge in [0.05, 0.1) is 17.7 Å². The van der Waals surface area contributed by atoms with E-state index in [-0.39, 0.29) is 6.10 Å². The highest BCUT2D eigenvalue weighted by Crippen LogP contribution is 2.22. The fraction of sp³-hybridized carbons (Fsp3) is 0.429. The Morgan fingerprint density at radius 1 is 1.58 bits per heavy atom. The van der Waals surface area contributed by atoms with E-state index in [4.69, 9.17) is 9.47 Å². The maximum Gasteiger partial charge on any atom is 0.231 e. The van der Waals surface area contributed by atoms with Gasteiger partial charge in [0, 0.05) is 6.20 Å². The molecule has 0 aliphatic carbocycles. The van der Waals surface area contributed by atoms with Gasteiger partial charge >= 0.3 is 0 Å². The van der Waals surface area contributed by atoms with Crippen LogP contribution in [0.5, 0.6) is 5.88 Å². The van der Waals surface area contributed by atoms with E-state index >= 15 is 0 Å². The summed E-state index contributed by atoms with van der Waals surface area (Å²) >= 11 is 3.29. The SMILES string of the molecule is Brc1cncnc1OC1COC1. The van der Waals surface area contributed by atoms with E-state index in [1.54, 1.807) is 6.20 Å². The molecule has 0 spiro atoms. The molecule has 1 aliphatic heterocycles. The first-order valence-electron chi connectivity index (χ1n) is 3.56. The van der Waals surface area contributed by atoms with Gasteiger partial charge in [-0.15, -0.1) is 0 Å². The molecule has 0 aromatic carbocycles. The van der Waals surface area contributed by atoms with Crippen LogP contribution in [0.4, 0.5) is 0 Å². The van der Waals surface area contributed by atoms with Gasteiger partial charge in [0.1, 0.15) is 12.4 Å². The third-order valence-corrected chi connectivity index (χ3v) is 2.06. The number of rotatable bonds is 2. The molecule has 0 N–H and O–H groups in total. The molecule has 2 heterocycles. The normalized spacial score (nSPS) is 17.1. The average molecular weight is 231 g/mol. The van der Waals surface area contributed by atoms with Crippen LogP contribution in [0.3, 0.4) is 0 Å². The van der Waals surface area contributed by atoms with Crippen LogP contribution < -0.4 is 4.74 Å². The number of hydrogen-bond donors (Lipinski definition) is 0. The number of ether oxygens (including phenoxy) is 2. The lowest BCUT2D eigenvalue weighted by Crippen LogP contribution is -2.38. The van der Waals surface area contributed by atoms with Gasteiger partial charge in [0.25, 0.3) is 0 Å². The van der Waals surface area contributed by atoms with E-state index in [1.165, 1.54) is 6.33 Å². The number of aromatic nitrogens is 2. The molecule has 5 heteroatoms. The van der Waals surface area contributed by atoms with Crippen LogP contribution in [-0.2, 0) is 4.74 Å². The largest absolute Gasteiger partial charge is 0.469 e. The summed E-state index contributed by atoms with van der Waals surface area (Å²) in [5.41, 5.74) is 0. The lowest BCUT2D eigenvalue weighted by Gasteiger charge is -2.26. The first-order chi connectivity index (χ1) is 5.86. The zero-order valence-corrected chi connectivity index (χ0v) is 7.82. The van der Waals surface area contributed by atoms with Crippen molar-refractivity contribution in [3.63, 3.8) is 0 Å². The molecule has 64 valence electrons. The van der Waals surface area contributed by atoms with Gasteiger partial charge in [-0.3, -0.25) is 0 Å². The second-order valence-electron chi connectivity index (χ2n) is 2.45. The first-order valence-corrected chi connectivity index (χ1v) is 4.35. The van der Waals surface area contributed by atoms with Crippen molar-refractivity contribution in [3.05, 3.63) is 17.0 Å². The summed E-state index contributed by atoms with van der Waals surface area (Å²) in [6.45, 7) is 1.30. The third-order valence-electron chi connectivity index (χ3n) is 1.52. The number of nitrogens with zero attached hydrogens (tertiary/aromatic N) is 2. The lowest BCUT2D eigenvalue weighted by molar-refractivity contribution is -0.0816. The Kier molecular flexibility index (Phi) is 2.23.